The van der Waals surface area contributed by atoms with Gasteiger partial charge < -0.3 is 4.98 Å². The highest BCUT2D eigenvalue weighted by atomic mass is 14.9. The lowest BCUT2D eigenvalue weighted by atomic mass is 9.95. The van der Waals surface area contributed by atoms with E-state index in [0.717, 1.165) is 40.7 Å². The molecule has 2 aromatic heterocycles. The molecule has 0 aliphatic heterocycles. The summed E-state index contributed by atoms with van der Waals surface area (Å²) in [5, 5.41) is 10.5. The lowest BCUT2D eigenvalue weighted by molar-refractivity contribution is 0.934. The monoisotopic (exact) mass is 285 g/mol. The van der Waals surface area contributed by atoms with Gasteiger partial charge in [-0.2, -0.15) is 5.26 Å². The van der Waals surface area contributed by atoms with Crippen LogP contribution < -0.4 is 0 Å². The molecule has 0 fully saturated rings. The number of nitriles is 1. The molecule has 0 bridgehead atoms. The molecule has 1 aliphatic carbocycles. The minimum absolute atomic E-state index is 0.701. The average molecular weight is 285 g/mol. The van der Waals surface area contributed by atoms with Crippen molar-refractivity contribution in [2.24, 2.45) is 0 Å². The zero-order valence-corrected chi connectivity index (χ0v) is 12.1. The number of pyridine rings is 1. The van der Waals surface area contributed by atoms with Crippen molar-refractivity contribution >= 4 is 16.6 Å². The van der Waals surface area contributed by atoms with Gasteiger partial charge in [-0.15, -0.1) is 0 Å². The molecule has 22 heavy (non-hydrogen) atoms. The van der Waals surface area contributed by atoms with Crippen LogP contribution in [0.25, 0.3) is 27.7 Å². The van der Waals surface area contributed by atoms with Gasteiger partial charge in [-0.1, -0.05) is 24.3 Å². The van der Waals surface area contributed by atoms with Crippen molar-refractivity contribution in [2.45, 2.75) is 19.3 Å². The average Bonchev–Trinajstić information content (AvgIpc) is 3.22. The Hall–Kier alpha value is -2.86. The number of nitrogens with one attached hydrogen (secondary N) is 1. The van der Waals surface area contributed by atoms with E-state index in [1.165, 1.54) is 12.0 Å². The first-order valence-corrected chi connectivity index (χ1v) is 7.54. The first-order valence-electron chi connectivity index (χ1n) is 7.54. The molecule has 106 valence electrons. The van der Waals surface area contributed by atoms with Gasteiger partial charge in [-0.25, -0.2) is 4.98 Å². The van der Waals surface area contributed by atoms with Crippen LogP contribution in [-0.2, 0) is 0 Å². The molecule has 3 aromatic rings. The topological polar surface area (TPSA) is 52.5 Å². The molecule has 0 saturated heterocycles. The van der Waals surface area contributed by atoms with E-state index in [0.29, 0.717) is 5.56 Å². The minimum atomic E-state index is 0.701. The number of rotatable bonds is 2. The molecule has 4 rings (SSSR count). The summed E-state index contributed by atoms with van der Waals surface area (Å²) in [6.45, 7) is 0. The molecule has 0 radical (unpaired) electrons. The van der Waals surface area contributed by atoms with E-state index in [9.17, 15) is 5.26 Å². The number of aromatic nitrogens is 2. The van der Waals surface area contributed by atoms with E-state index in [-0.39, 0.29) is 0 Å². The van der Waals surface area contributed by atoms with Crippen molar-refractivity contribution in [1.29, 1.82) is 5.26 Å². The van der Waals surface area contributed by atoms with Gasteiger partial charge in [0.1, 0.15) is 5.65 Å². The van der Waals surface area contributed by atoms with Crippen molar-refractivity contribution in [3.05, 3.63) is 59.9 Å². The number of fused-ring (bicyclic) bond motifs is 1. The number of benzene rings is 1. The van der Waals surface area contributed by atoms with Gasteiger partial charge in [0.05, 0.1) is 17.3 Å². The summed E-state index contributed by atoms with van der Waals surface area (Å²) < 4.78 is 0. The van der Waals surface area contributed by atoms with E-state index >= 15 is 0 Å². The highest BCUT2D eigenvalue weighted by Crippen LogP contribution is 2.39. The Kier molecular flexibility index (Phi) is 3.01. The van der Waals surface area contributed by atoms with Crippen LogP contribution >= 0.6 is 0 Å². The van der Waals surface area contributed by atoms with Crippen LogP contribution in [0.3, 0.4) is 0 Å². The third-order valence-corrected chi connectivity index (χ3v) is 4.25. The molecule has 1 aromatic carbocycles. The second-order valence-electron chi connectivity index (χ2n) is 5.55. The summed E-state index contributed by atoms with van der Waals surface area (Å²) in [5.74, 6) is 0. The standard InChI is InChI=1S/C19H15N3/c20-12-14-8-3-4-9-15(14)17-16-10-5-11-21-19(16)22-18(17)13-6-1-2-7-13/h3-6,8-11H,1-2,7H2,(H,21,22). The lowest BCUT2D eigenvalue weighted by Gasteiger charge is -2.08. The molecule has 3 heteroatoms. The zero-order chi connectivity index (χ0) is 14.9. The number of H-pyrrole nitrogens is 1. The normalized spacial score (nSPS) is 14.0. The maximum atomic E-state index is 9.46. The summed E-state index contributed by atoms with van der Waals surface area (Å²) >= 11 is 0. The third-order valence-electron chi connectivity index (χ3n) is 4.25. The molecule has 0 amide bonds. The van der Waals surface area contributed by atoms with Gasteiger partial charge in [0.15, 0.2) is 0 Å². The molecule has 3 nitrogen and oxygen atoms in total. The summed E-state index contributed by atoms with van der Waals surface area (Å²) in [5.41, 5.74) is 6.12. The first-order chi connectivity index (χ1) is 10.9. The Labute approximate surface area is 128 Å². The minimum Gasteiger partial charge on any atom is -0.339 e. The van der Waals surface area contributed by atoms with Gasteiger partial charge in [0.2, 0.25) is 0 Å². The Bertz CT molecular complexity index is 925. The molecule has 0 spiro atoms. The molecule has 2 heterocycles. The number of aromatic amines is 1. The Morgan fingerprint density at radius 2 is 2.05 bits per heavy atom. The van der Waals surface area contributed by atoms with Gasteiger partial charge in [-0.05, 0) is 43.0 Å². The van der Waals surface area contributed by atoms with Crippen LogP contribution in [-0.4, -0.2) is 9.97 Å². The quantitative estimate of drug-likeness (QED) is 0.744. The summed E-state index contributed by atoms with van der Waals surface area (Å²) in [6.07, 6.45) is 7.48. The summed E-state index contributed by atoms with van der Waals surface area (Å²) in [6, 6.07) is 14.1. The Morgan fingerprint density at radius 1 is 1.14 bits per heavy atom. The fourth-order valence-electron chi connectivity index (χ4n) is 3.24. The predicted molar refractivity (Wildman–Crippen MR) is 88.1 cm³/mol. The van der Waals surface area contributed by atoms with E-state index < -0.39 is 0 Å². The molecular weight excluding hydrogens is 270 g/mol. The number of allylic oxidation sites excluding steroid dienone is 2. The van der Waals surface area contributed by atoms with Crippen molar-refractivity contribution in [1.82, 2.24) is 9.97 Å². The van der Waals surface area contributed by atoms with Crippen molar-refractivity contribution in [3.63, 3.8) is 0 Å². The lowest BCUT2D eigenvalue weighted by Crippen LogP contribution is -1.89. The fraction of sp³-hybridized carbons (Fsp3) is 0.158. The predicted octanol–water partition coefficient (Wildman–Crippen LogP) is 4.67. The van der Waals surface area contributed by atoms with Crippen LogP contribution in [0.15, 0.2) is 48.7 Å². The highest BCUT2D eigenvalue weighted by molar-refractivity contribution is 6.01. The van der Waals surface area contributed by atoms with Crippen LogP contribution in [0.2, 0.25) is 0 Å². The Balaban J connectivity index is 2.07. The van der Waals surface area contributed by atoms with Gasteiger partial charge >= 0.3 is 0 Å². The fourth-order valence-corrected chi connectivity index (χ4v) is 3.24. The molecule has 0 unspecified atom stereocenters. The SMILES string of the molecule is N#Cc1ccccc1-c1c(C2=CCCC2)[nH]c2ncccc12. The molecule has 1 aliphatic rings. The van der Waals surface area contributed by atoms with E-state index in [1.54, 1.807) is 6.20 Å². The van der Waals surface area contributed by atoms with Crippen LogP contribution in [0.4, 0.5) is 0 Å². The number of hydrogen-bond donors (Lipinski definition) is 1. The van der Waals surface area contributed by atoms with Gasteiger partial charge in [-0.3, -0.25) is 0 Å². The molecular formula is C19H15N3. The first kappa shape index (κ1) is 12.8. The number of hydrogen-bond acceptors (Lipinski definition) is 2. The van der Waals surface area contributed by atoms with E-state index in [2.05, 4.69) is 28.2 Å². The largest absolute Gasteiger partial charge is 0.339 e. The van der Waals surface area contributed by atoms with Crippen molar-refractivity contribution in [2.75, 3.05) is 0 Å². The van der Waals surface area contributed by atoms with Crippen molar-refractivity contribution in [3.8, 4) is 17.2 Å². The summed E-state index contributed by atoms with van der Waals surface area (Å²) in [4.78, 5) is 7.92. The van der Waals surface area contributed by atoms with Crippen molar-refractivity contribution < 1.29 is 0 Å². The molecule has 1 N–H and O–H groups in total. The van der Waals surface area contributed by atoms with Gasteiger partial charge in [0, 0.05) is 22.7 Å². The third kappa shape index (κ3) is 1.93. The molecule has 0 saturated carbocycles. The van der Waals surface area contributed by atoms with Crippen LogP contribution in [0, 0.1) is 11.3 Å². The second kappa shape index (κ2) is 5.16. The smallest absolute Gasteiger partial charge is 0.138 e. The van der Waals surface area contributed by atoms with E-state index in [1.807, 2.05) is 30.3 Å². The van der Waals surface area contributed by atoms with Crippen LogP contribution in [0.5, 0.6) is 0 Å². The van der Waals surface area contributed by atoms with Gasteiger partial charge in [0.25, 0.3) is 0 Å². The maximum absolute atomic E-state index is 9.46. The number of nitrogens with zero attached hydrogens (tertiary/aromatic N) is 2. The molecule has 0 atom stereocenters. The maximum Gasteiger partial charge on any atom is 0.138 e. The summed E-state index contributed by atoms with van der Waals surface area (Å²) in [7, 11) is 0. The second-order valence-corrected chi connectivity index (χ2v) is 5.55. The zero-order valence-electron chi connectivity index (χ0n) is 12.1. The van der Waals surface area contributed by atoms with Crippen LogP contribution in [0.1, 0.15) is 30.5 Å². The highest BCUT2D eigenvalue weighted by Gasteiger charge is 2.20. The Morgan fingerprint density at radius 3 is 2.86 bits per heavy atom. The van der Waals surface area contributed by atoms with E-state index in [4.69, 9.17) is 0 Å².